The molecular weight excluding hydrogens is 166 g/mol. The normalized spacial score (nSPS) is 9.77. The quantitative estimate of drug-likeness (QED) is 0.649. The second-order valence-electron chi connectivity index (χ2n) is 2.78. The number of nitrogens with zero attached hydrogens (tertiary/aromatic N) is 1. The lowest BCUT2D eigenvalue weighted by atomic mass is 10.2. The first kappa shape index (κ1) is 9.74. The monoisotopic (exact) mass is 179 g/mol. The molecule has 0 atom stereocenters. The van der Waals surface area contributed by atoms with Gasteiger partial charge in [-0.1, -0.05) is 18.2 Å². The van der Waals surface area contributed by atoms with Crippen molar-refractivity contribution in [3.63, 3.8) is 0 Å². The van der Waals surface area contributed by atoms with E-state index in [1.807, 2.05) is 31.2 Å². The molecule has 0 aliphatic carbocycles. The molecule has 0 heterocycles. The van der Waals surface area contributed by atoms with Crippen molar-refractivity contribution in [1.82, 2.24) is 0 Å². The average Bonchev–Trinajstić information content (AvgIpc) is 2.09. The number of amides is 1. The van der Waals surface area contributed by atoms with Gasteiger partial charge in [0.15, 0.2) is 0 Å². The lowest BCUT2D eigenvalue weighted by Crippen LogP contribution is -2.27. The van der Waals surface area contributed by atoms with Gasteiger partial charge in [0, 0.05) is 6.92 Å². The van der Waals surface area contributed by atoms with Crippen molar-refractivity contribution in [2.45, 2.75) is 13.8 Å². The van der Waals surface area contributed by atoms with Crippen molar-refractivity contribution in [3.8, 4) is 0 Å². The van der Waals surface area contributed by atoms with E-state index >= 15 is 0 Å². The first-order valence-corrected chi connectivity index (χ1v) is 4.07. The number of anilines is 1. The van der Waals surface area contributed by atoms with Crippen molar-refractivity contribution < 1.29 is 9.63 Å². The second kappa shape index (κ2) is 4.05. The summed E-state index contributed by atoms with van der Waals surface area (Å²) >= 11 is 0. The Kier molecular flexibility index (Phi) is 3.03. The molecule has 1 amide bonds. The fraction of sp³-hybridized carbons (Fsp3) is 0.300. The number of benzene rings is 1. The van der Waals surface area contributed by atoms with Gasteiger partial charge < -0.3 is 0 Å². The fourth-order valence-corrected chi connectivity index (χ4v) is 1.19. The van der Waals surface area contributed by atoms with Crippen molar-refractivity contribution in [3.05, 3.63) is 29.8 Å². The zero-order valence-corrected chi connectivity index (χ0v) is 8.07. The molecular formula is C10H13NO2. The third-order valence-electron chi connectivity index (χ3n) is 1.80. The molecule has 3 nitrogen and oxygen atoms in total. The maximum absolute atomic E-state index is 11.1. The summed E-state index contributed by atoms with van der Waals surface area (Å²) in [7, 11) is 1.48. The Morgan fingerprint density at radius 1 is 1.38 bits per heavy atom. The summed E-state index contributed by atoms with van der Waals surface area (Å²) in [6.45, 7) is 3.40. The van der Waals surface area contributed by atoms with Crippen molar-refractivity contribution in [1.29, 1.82) is 0 Å². The van der Waals surface area contributed by atoms with E-state index in [1.54, 1.807) is 0 Å². The van der Waals surface area contributed by atoms with Gasteiger partial charge >= 0.3 is 0 Å². The molecule has 0 bridgehead atoms. The Labute approximate surface area is 77.9 Å². The molecule has 0 aliphatic heterocycles. The highest BCUT2D eigenvalue weighted by atomic mass is 16.7. The van der Waals surface area contributed by atoms with Crippen LogP contribution in [0.25, 0.3) is 0 Å². The Morgan fingerprint density at radius 3 is 2.46 bits per heavy atom. The minimum absolute atomic E-state index is 0.128. The molecule has 1 aromatic rings. The molecule has 0 spiro atoms. The summed E-state index contributed by atoms with van der Waals surface area (Å²) in [5, 5.41) is 1.27. The number of hydrogen-bond acceptors (Lipinski definition) is 2. The van der Waals surface area contributed by atoms with E-state index in [1.165, 1.54) is 19.1 Å². The predicted octanol–water partition coefficient (Wildman–Crippen LogP) is 1.91. The molecule has 1 rings (SSSR count). The molecule has 0 aromatic heterocycles. The van der Waals surface area contributed by atoms with Gasteiger partial charge in [0.05, 0.1) is 12.8 Å². The molecule has 0 radical (unpaired) electrons. The highest BCUT2D eigenvalue weighted by Gasteiger charge is 2.11. The van der Waals surface area contributed by atoms with Crippen LogP contribution in [0.4, 0.5) is 5.69 Å². The third kappa shape index (κ3) is 2.06. The summed E-state index contributed by atoms with van der Waals surface area (Å²) in [4.78, 5) is 16.1. The predicted molar refractivity (Wildman–Crippen MR) is 51.3 cm³/mol. The number of hydrogen-bond donors (Lipinski definition) is 0. The van der Waals surface area contributed by atoms with E-state index in [9.17, 15) is 4.79 Å². The maximum Gasteiger partial charge on any atom is 0.247 e. The third-order valence-corrected chi connectivity index (χ3v) is 1.80. The van der Waals surface area contributed by atoms with Crippen LogP contribution in [0.15, 0.2) is 24.3 Å². The largest absolute Gasteiger partial charge is 0.273 e. The average molecular weight is 179 g/mol. The summed E-state index contributed by atoms with van der Waals surface area (Å²) in [6, 6.07) is 7.58. The van der Waals surface area contributed by atoms with Gasteiger partial charge in [0.2, 0.25) is 5.91 Å². The minimum Gasteiger partial charge on any atom is -0.273 e. The van der Waals surface area contributed by atoms with Crippen molar-refractivity contribution in [2.24, 2.45) is 0 Å². The fourth-order valence-electron chi connectivity index (χ4n) is 1.19. The standard InChI is InChI=1S/C10H13NO2/c1-8-6-4-5-7-10(8)11(13-3)9(2)12/h4-7H,1-3H3. The maximum atomic E-state index is 11.1. The van der Waals surface area contributed by atoms with E-state index < -0.39 is 0 Å². The Morgan fingerprint density at radius 2 is 2.00 bits per heavy atom. The van der Waals surface area contributed by atoms with E-state index in [0.29, 0.717) is 0 Å². The van der Waals surface area contributed by atoms with Gasteiger partial charge in [-0.25, -0.2) is 0 Å². The second-order valence-corrected chi connectivity index (χ2v) is 2.78. The van der Waals surface area contributed by atoms with Crippen LogP contribution in [0.2, 0.25) is 0 Å². The Hall–Kier alpha value is -1.35. The van der Waals surface area contributed by atoms with Crippen molar-refractivity contribution >= 4 is 11.6 Å². The van der Waals surface area contributed by atoms with Crippen LogP contribution in [0.1, 0.15) is 12.5 Å². The first-order valence-electron chi connectivity index (χ1n) is 4.07. The number of aryl methyl sites for hydroxylation is 1. The van der Waals surface area contributed by atoms with Crippen LogP contribution in [0, 0.1) is 6.92 Å². The molecule has 0 fully saturated rings. The zero-order chi connectivity index (χ0) is 9.84. The van der Waals surface area contributed by atoms with Crippen LogP contribution < -0.4 is 5.06 Å². The number of carbonyl (C=O) groups excluding carboxylic acids is 1. The number of carbonyl (C=O) groups is 1. The molecule has 0 N–H and O–H groups in total. The topological polar surface area (TPSA) is 29.5 Å². The highest BCUT2D eigenvalue weighted by Crippen LogP contribution is 2.19. The Bertz CT molecular complexity index is 310. The van der Waals surface area contributed by atoms with Gasteiger partial charge in [-0.15, -0.1) is 0 Å². The molecule has 0 saturated heterocycles. The van der Waals surface area contributed by atoms with Crippen molar-refractivity contribution in [2.75, 3.05) is 12.2 Å². The van der Waals surface area contributed by atoms with E-state index in [0.717, 1.165) is 11.3 Å². The van der Waals surface area contributed by atoms with Crippen LogP contribution in [-0.2, 0) is 9.63 Å². The van der Waals surface area contributed by atoms with Crippen LogP contribution >= 0.6 is 0 Å². The number of hydroxylamine groups is 1. The number of rotatable bonds is 2. The summed E-state index contributed by atoms with van der Waals surface area (Å²) in [6.07, 6.45) is 0. The lowest BCUT2D eigenvalue weighted by molar-refractivity contribution is -0.122. The van der Waals surface area contributed by atoms with Crippen LogP contribution in [0.5, 0.6) is 0 Å². The number of para-hydroxylation sites is 1. The van der Waals surface area contributed by atoms with E-state index in [2.05, 4.69) is 0 Å². The lowest BCUT2D eigenvalue weighted by Gasteiger charge is -2.19. The van der Waals surface area contributed by atoms with Crippen LogP contribution in [-0.4, -0.2) is 13.0 Å². The summed E-state index contributed by atoms with van der Waals surface area (Å²) in [5.74, 6) is -0.128. The molecule has 1 aromatic carbocycles. The molecule has 13 heavy (non-hydrogen) atoms. The van der Waals surface area contributed by atoms with Gasteiger partial charge in [0.1, 0.15) is 0 Å². The van der Waals surface area contributed by atoms with Gasteiger partial charge in [-0.05, 0) is 18.6 Å². The first-order chi connectivity index (χ1) is 6.16. The smallest absolute Gasteiger partial charge is 0.247 e. The minimum atomic E-state index is -0.128. The Balaban J connectivity index is 3.04. The molecule has 70 valence electrons. The molecule has 0 saturated carbocycles. The van der Waals surface area contributed by atoms with E-state index in [4.69, 9.17) is 4.84 Å². The van der Waals surface area contributed by atoms with E-state index in [-0.39, 0.29) is 5.91 Å². The summed E-state index contributed by atoms with van der Waals surface area (Å²) in [5.41, 5.74) is 1.80. The summed E-state index contributed by atoms with van der Waals surface area (Å²) < 4.78 is 0. The molecule has 3 heteroatoms. The van der Waals surface area contributed by atoms with Gasteiger partial charge in [0.25, 0.3) is 0 Å². The van der Waals surface area contributed by atoms with Gasteiger partial charge in [-0.2, -0.15) is 5.06 Å². The van der Waals surface area contributed by atoms with Crippen LogP contribution in [0.3, 0.4) is 0 Å². The molecule has 0 aliphatic rings. The SMILES string of the molecule is CON(C(C)=O)c1ccccc1C. The van der Waals surface area contributed by atoms with Gasteiger partial charge in [-0.3, -0.25) is 9.63 Å². The zero-order valence-electron chi connectivity index (χ0n) is 8.07. The highest BCUT2D eigenvalue weighted by molar-refractivity contribution is 5.90. The molecule has 0 unspecified atom stereocenters.